The van der Waals surface area contributed by atoms with Crippen molar-refractivity contribution in [2.75, 3.05) is 0 Å². The third-order valence-electron chi connectivity index (χ3n) is 11.6. The zero-order valence-electron chi connectivity index (χ0n) is 32.6. The molecule has 280 valence electrons. The van der Waals surface area contributed by atoms with E-state index in [4.69, 9.17) is 24.4 Å². The Morgan fingerprint density at radius 2 is 0.695 bits per heavy atom. The minimum atomic E-state index is -0.118. The summed E-state index contributed by atoms with van der Waals surface area (Å²) in [4.78, 5) is 15.1. The molecule has 1 aromatic heterocycles. The van der Waals surface area contributed by atoms with E-state index in [0.29, 0.717) is 29.0 Å². The van der Waals surface area contributed by atoms with E-state index < -0.39 is 0 Å². The number of hydrogen-bond donors (Lipinski definition) is 0. The van der Waals surface area contributed by atoms with Gasteiger partial charge in [0.15, 0.2) is 40.5 Å². The van der Waals surface area contributed by atoms with Crippen LogP contribution in [-0.4, -0.2) is 15.0 Å². The van der Waals surface area contributed by atoms with Crippen molar-refractivity contribution in [2.24, 2.45) is 0 Å². The van der Waals surface area contributed by atoms with Crippen molar-refractivity contribution in [3.63, 3.8) is 0 Å². The predicted molar refractivity (Wildman–Crippen MR) is 237 cm³/mol. The van der Waals surface area contributed by atoms with Gasteiger partial charge in [0.1, 0.15) is 0 Å². The first-order chi connectivity index (χ1) is 28.9. The Labute approximate surface area is 343 Å². The maximum atomic E-state index is 6.56. The second-order valence-electron chi connectivity index (χ2n) is 15.7. The molecule has 5 heteroatoms. The van der Waals surface area contributed by atoms with Gasteiger partial charge < -0.3 is 9.47 Å². The van der Waals surface area contributed by atoms with Crippen LogP contribution in [0.4, 0.5) is 0 Å². The molecule has 0 spiro atoms. The van der Waals surface area contributed by atoms with Crippen LogP contribution >= 0.6 is 0 Å². The molecule has 2 heterocycles. The van der Waals surface area contributed by atoms with E-state index in [9.17, 15) is 0 Å². The molecule has 8 aromatic carbocycles. The van der Waals surface area contributed by atoms with E-state index in [1.807, 2.05) is 18.2 Å². The minimum Gasteiger partial charge on any atom is -0.450 e. The van der Waals surface area contributed by atoms with Gasteiger partial charge >= 0.3 is 0 Å². The zero-order valence-corrected chi connectivity index (χ0v) is 32.6. The lowest BCUT2D eigenvalue weighted by Crippen LogP contribution is -2.15. The van der Waals surface area contributed by atoms with E-state index in [-0.39, 0.29) is 5.41 Å². The third-order valence-corrected chi connectivity index (χ3v) is 11.6. The van der Waals surface area contributed by atoms with Gasteiger partial charge in [-0.25, -0.2) is 15.0 Å². The fourth-order valence-electron chi connectivity index (χ4n) is 8.42. The lowest BCUT2D eigenvalue weighted by atomic mass is 9.82. The van der Waals surface area contributed by atoms with Crippen molar-refractivity contribution in [3.8, 4) is 102 Å². The monoisotopic (exact) mass is 759 g/mol. The highest BCUT2D eigenvalue weighted by Gasteiger charge is 2.37. The number of rotatable bonds is 6. The lowest BCUT2D eigenvalue weighted by Gasteiger charge is -2.25. The third kappa shape index (κ3) is 6.16. The molecule has 5 nitrogen and oxygen atoms in total. The van der Waals surface area contributed by atoms with Gasteiger partial charge in [-0.15, -0.1) is 0 Å². The summed E-state index contributed by atoms with van der Waals surface area (Å²) in [5, 5.41) is 0. The highest BCUT2D eigenvalue weighted by molar-refractivity contribution is 5.84. The Morgan fingerprint density at radius 1 is 0.305 bits per heavy atom. The number of nitrogens with zero attached hydrogens (tertiary/aromatic N) is 3. The molecule has 2 aliphatic rings. The maximum absolute atomic E-state index is 6.56. The van der Waals surface area contributed by atoms with Crippen molar-refractivity contribution >= 4 is 0 Å². The molecule has 0 radical (unpaired) electrons. The van der Waals surface area contributed by atoms with Crippen LogP contribution in [0.25, 0.3) is 78.7 Å². The molecule has 0 fully saturated rings. The van der Waals surface area contributed by atoms with Crippen molar-refractivity contribution in [3.05, 3.63) is 199 Å². The average molecular weight is 760 g/mol. The highest BCUT2D eigenvalue weighted by atomic mass is 16.6. The van der Waals surface area contributed by atoms with E-state index >= 15 is 0 Å². The Balaban J connectivity index is 0.914. The molecule has 0 saturated carbocycles. The number of ether oxygens (including phenoxy) is 2. The molecule has 0 N–H and O–H groups in total. The van der Waals surface area contributed by atoms with E-state index in [1.54, 1.807) is 0 Å². The first kappa shape index (κ1) is 34.6. The van der Waals surface area contributed by atoms with Gasteiger partial charge in [0.05, 0.1) is 0 Å². The summed E-state index contributed by atoms with van der Waals surface area (Å²) >= 11 is 0. The largest absolute Gasteiger partial charge is 0.450 e. The second-order valence-corrected chi connectivity index (χ2v) is 15.7. The summed E-state index contributed by atoms with van der Waals surface area (Å²) in [6.07, 6.45) is 0. The Morgan fingerprint density at radius 3 is 1.24 bits per heavy atom. The number of benzene rings is 8. The topological polar surface area (TPSA) is 57.1 Å². The van der Waals surface area contributed by atoms with Gasteiger partial charge in [-0.1, -0.05) is 178 Å². The SMILES string of the molecule is CC1(C)c2ccccc2-c2cc3c(cc21)Oc1ccc(-c2ccc(-c4nc(-c5ccc(-c6ccccc6)cc5)nc(-c5ccc(-c6ccccc6)cc5)n4)cc2)cc1O3. The molecule has 1 aliphatic carbocycles. The molecule has 59 heavy (non-hydrogen) atoms. The zero-order chi connectivity index (χ0) is 39.5. The first-order valence-corrected chi connectivity index (χ1v) is 19.9. The van der Waals surface area contributed by atoms with E-state index in [2.05, 4.69) is 184 Å². The molecule has 0 unspecified atom stereocenters. The molecule has 11 rings (SSSR count). The Hall–Kier alpha value is -7.63. The van der Waals surface area contributed by atoms with Crippen LogP contribution in [0, 0.1) is 0 Å². The van der Waals surface area contributed by atoms with Crippen LogP contribution < -0.4 is 9.47 Å². The van der Waals surface area contributed by atoms with Crippen molar-refractivity contribution < 1.29 is 9.47 Å². The predicted octanol–water partition coefficient (Wildman–Crippen LogP) is 14.1. The Bertz CT molecular complexity index is 2930. The van der Waals surface area contributed by atoms with E-state index in [1.165, 1.54) is 22.3 Å². The number of hydrogen-bond acceptors (Lipinski definition) is 5. The fourth-order valence-corrected chi connectivity index (χ4v) is 8.42. The average Bonchev–Trinajstić information content (AvgIpc) is 3.52. The standard InChI is InChI=1S/C54H37N3O2/c1-54(2)45-16-10-9-15-43(45)44-32-49-50(33-46(44)54)58-47-30-29-42(31-48(47)59-49)38-21-27-41(28-22-38)53-56-51(39-23-17-36(18-24-39)34-11-5-3-6-12-34)55-52(57-53)40-25-19-37(20-26-40)35-13-7-4-8-14-35/h3-33H,1-2H3. The molecule has 9 aromatic rings. The van der Waals surface area contributed by atoms with Crippen LogP contribution in [-0.2, 0) is 5.41 Å². The van der Waals surface area contributed by atoms with Gasteiger partial charge in [-0.05, 0) is 79.9 Å². The molecular formula is C54H37N3O2. The summed E-state index contributed by atoms with van der Waals surface area (Å²) in [5.74, 6) is 4.69. The van der Waals surface area contributed by atoms with E-state index in [0.717, 1.165) is 61.6 Å². The maximum Gasteiger partial charge on any atom is 0.170 e. The summed E-state index contributed by atoms with van der Waals surface area (Å²) in [6, 6.07) is 64.9. The normalized spacial score (nSPS) is 13.0. The minimum absolute atomic E-state index is 0.118. The van der Waals surface area contributed by atoms with Crippen LogP contribution in [0.3, 0.4) is 0 Å². The quantitative estimate of drug-likeness (QED) is 0.169. The highest BCUT2D eigenvalue weighted by Crippen LogP contribution is 2.55. The smallest absolute Gasteiger partial charge is 0.170 e. The summed E-state index contributed by atoms with van der Waals surface area (Å²) < 4.78 is 13.0. The Kier molecular flexibility index (Phi) is 8.09. The van der Waals surface area contributed by atoms with Crippen LogP contribution in [0.5, 0.6) is 23.0 Å². The van der Waals surface area contributed by atoms with Crippen LogP contribution in [0.1, 0.15) is 25.0 Å². The summed E-state index contributed by atoms with van der Waals surface area (Å²) in [7, 11) is 0. The fraction of sp³-hybridized carbons (Fsp3) is 0.0556. The van der Waals surface area contributed by atoms with Gasteiger partial charge in [0.25, 0.3) is 0 Å². The van der Waals surface area contributed by atoms with Crippen molar-refractivity contribution in [1.82, 2.24) is 15.0 Å². The lowest BCUT2D eigenvalue weighted by molar-refractivity contribution is 0.359. The second kappa shape index (κ2) is 13.8. The summed E-state index contributed by atoms with van der Waals surface area (Å²) in [5.41, 5.74) is 14.3. The van der Waals surface area contributed by atoms with Gasteiger partial charge in [-0.3, -0.25) is 0 Å². The molecule has 1 aliphatic heterocycles. The molecular weight excluding hydrogens is 723 g/mol. The molecule has 0 amide bonds. The molecule has 0 bridgehead atoms. The van der Waals surface area contributed by atoms with Gasteiger partial charge in [-0.2, -0.15) is 0 Å². The first-order valence-electron chi connectivity index (χ1n) is 19.9. The van der Waals surface area contributed by atoms with Crippen molar-refractivity contribution in [2.45, 2.75) is 19.3 Å². The number of fused-ring (bicyclic) bond motifs is 5. The summed E-state index contributed by atoms with van der Waals surface area (Å²) in [6.45, 7) is 4.54. The molecule has 0 atom stereocenters. The van der Waals surface area contributed by atoms with Crippen molar-refractivity contribution in [1.29, 1.82) is 0 Å². The van der Waals surface area contributed by atoms with Gasteiger partial charge in [0, 0.05) is 22.1 Å². The van der Waals surface area contributed by atoms with Crippen LogP contribution in [0.15, 0.2) is 188 Å². The number of aromatic nitrogens is 3. The van der Waals surface area contributed by atoms with Crippen LogP contribution in [0.2, 0.25) is 0 Å². The van der Waals surface area contributed by atoms with Gasteiger partial charge in [0.2, 0.25) is 0 Å². The molecule has 0 saturated heterocycles.